The highest BCUT2D eigenvalue weighted by Gasteiger charge is 2.15. The van der Waals surface area contributed by atoms with Crippen LogP contribution in [0.1, 0.15) is 5.56 Å². The fourth-order valence-corrected chi connectivity index (χ4v) is 1.18. The van der Waals surface area contributed by atoms with E-state index in [2.05, 4.69) is 15.9 Å². The Bertz CT molecular complexity index is 288. The topological polar surface area (TPSA) is 20.2 Å². The number of hydrogen-bond acceptors (Lipinski definition) is 1. The molecule has 0 heterocycles. The van der Waals surface area contributed by atoms with E-state index < -0.39 is 29.6 Å². The molecule has 12 heavy (non-hydrogen) atoms. The first kappa shape index (κ1) is 9.54. The molecule has 1 nitrogen and oxygen atoms in total. The average molecular weight is 241 g/mol. The van der Waals surface area contributed by atoms with Crippen LogP contribution in [0.3, 0.4) is 0 Å². The lowest BCUT2D eigenvalue weighted by molar-refractivity contribution is 0.271. The minimum Gasteiger partial charge on any atom is -0.392 e. The second-order valence-corrected chi connectivity index (χ2v) is 2.90. The van der Waals surface area contributed by atoms with Gasteiger partial charge < -0.3 is 5.11 Å². The normalized spacial score (nSPS) is 10.4. The van der Waals surface area contributed by atoms with Crippen LogP contribution < -0.4 is 0 Å². The first-order valence-electron chi connectivity index (χ1n) is 3.00. The Kier molecular flexibility index (Phi) is 2.74. The van der Waals surface area contributed by atoms with Gasteiger partial charge in [0.1, 0.15) is 5.82 Å². The lowest BCUT2D eigenvalue weighted by atomic mass is 10.2. The number of aliphatic hydroxyl groups excluding tert-OH is 1. The van der Waals surface area contributed by atoms with Crippen LogP contribution in [0.15, 0.2) is 10.5 Å². The van der Waals surface area contributed by atoms with E-state index in [9.17, 15) is 13.2 Å². The van der Waals surface area contributed by atoms with Crippen molar-refractivity contribution in [3.63, 3.8) is 0 Å². The zero-order chi connectivity index (χ0) is 9.30. The Morgan fingerprint density at radius 3 is 2.33 bits per heavy atom. The molecule has 0 unspecified atom stereocenters. The summed E-state index contributed by atoms with van der Waals surface area (Å²) in [5.41, 5.74) is -0.410. The van der Waals surface area contributed by atoms with Gasteiger partial charge in [-0.25, -0.2) is 13.2 Å². The van der Waals surface area contributed by atoms with Crippen LogP contribution in [-0.4, -0.2) is 5.11 Å². The van der Waals surface area contributed by atoms with Gasteiger partial charge in [-0.15, -0.1) is 0 Å². The molecular weight excluding hydrogens is 237 g/mol. The van der Waals surface area contributed by atoms with E-state index in [1.807, 2.05) is 0 Å². The molecular formula is C7H4BrF3O. The number of hydrogen-bond donors (Lipinski definition) is 1. The molecule has 1 aromatic carbocycles. The first-order chi connectivity index (χ1) is 5.57. The fourth-order valence-electron chi connectivity index (χ4n) is 0.761. The molecule has 0 amide bonds. The summed E-state index contributed by atoms with van der Waals surface area (Å²) in [6.07, 6.45) is 0. The monoisotopic (exact) mass is 240 g/mol. The van der Waals surface area contributed by atoms with Crippen molar-refractivity contribution in [2.24, 2.45) is 0 Å². The summed E-state index contributed by atoms with van der Waals surface area (Å²) in [6, 6.07) is 0.415. The largest absolute Gasteiger partial charge is 0.392 e. The summed E-state index contributed by atoms with van der Waals surface area (Å²) in [5.74, 6) is -3.47. The Labute approximate surface area is 75.0 Å². The molecule has 0 spiro atoms. The molecule has 1 N–H and O–H groups in total. The predicted molar refractivity (Wildman–Crippen MR) is 39.9 cm³/mol. The molecule has 0 aliphatic rings. The maximum absolute atomic E-state index is 12.7. The van der Waals surface area contributed by atoms with Gasteiger partial charge in [-0.05, 0) is 15.9 Å². The molecule has 0 saturated carbocycles. The van der Waals surface area contributed by atoms with Gasteiger partial charge in [0, 0.05) is 11.6 Å². The van der Waals surface area contributed by atoms with Crippen LogP contribution >= 0.6 is 15.9 Å². The van der Waals surface area contributed by atoms with Crippen LogP contribution in [0.4, 0.5) is 13.2 Å². The van der Waals surface area contributed by atoms with Crippen molar-refractivity contribution in [3.05, 3.63) is 33.6 Å². The average Bonchev–Trinajstić information content (AvgIpc) is 2.02. The third-order valence-electron chi connectivity index (χ3n) is 1.36. The van der Waals surface area contributed by atoms with Crippen molar-refractivity contribution < 1.29 is 18.3 Å². The van der Waals surface area contributed by atoms with Gasteiger partial charge in [-0.3, -0.25) is 0 Å². The van der Waals surface area contributed by atoms with E-state index in [0.717, 1.165) is 0 Å². The second-order valence-electron chi connectivity index (χ2n) is 2.10. The van der Waals surface area contributed by atoms with Crippen molar-refractivity contribution in [2.45, 2.75) is 6.61 Å². The van der Waals surface area contributed by atoms with Crippen LogP contribution in [0, 0.1) is 17.5 Å². The van der Waals surface area contributed by atoms with Crippen molar-refractivity contribution in [2.75, 3.05) is 0 Å². The van der Waals surface area contributed by atoms with Gasteiger partial charge in [0.25, 0.3) is 0 Å². The number of rotatable bonds is 1. The zero-order valence-corrected chi connectivity index (χ0v) is 7.33. The fraction of sp³-hybridized carbons (Fsp3) is 0.143. The third-order valence-corrected chi connectivity index (χ3v) is 2.22. The van der Waals surface area contributed by atoms with E-state index >= 15 is 0 Å². The van der Waals surface area contributed by atoms with E-state index in [1.54, 1.807) is 0 Å². The Balaban J connectivity index is 3.42. The summed E-state index contributed by atoms with van der Waals surface area (Å²) >= 11 is 2.68. The third kappa shape index (κ3) is 1.47. The van der Waals surface area contributed by atoms with Gasteiger partial charge in [0.2, 0.25) is 0 Å². The highest BCUT2D eigenvalue weighted by Crippen LogP contribution is 2.25. The van der Waals surface area contributed by atoms with E-state index in [4.69, 9.17) is 5.11 Å². The van der Waals surface area contributed by atoms with Crippen LogP contribution in [0.25, 0.3) is 0 Å². The molecule has 0 atom stereocenters. The lowest BCUT2D eigenvalue weighted by Gasteiger charge is -2.03. The number of halogens is 4. The quantitative estimate of drug-likeness (QED) is 0.748. The molecule has 1 rings (SSSR count). The van der Waals surface area contributed by atoms with Crippen molar-refractivity contribution >= 4 is 15.9 Å². The molecule has 0 bridgehead atoms. The minimum atomic E-state index is -1.31. The molecule has 0 fully saturated rings. The maximum atomic E-state index is 12.7. The molecule has 1 aromatic rings. The molecule has 5 heteroatoms. The number of aliphatic hydroxyl groups is 1. The predicted octanol–water partition coefficient (Wildman–Crippen LogP) is 2.36. The Morgan fingerprint density at radius 2 is 1.83 bits per heavy atom. The van der Waals surface area contributed by atoms with E-state index in [1.165, 1.54) is 0 Å². The van der Waals surface area contributed by atoms with Gasteiger partial charge in [0.05, 0.1) is 11.1 Å². The Morgan fingerprint density at radius 1 is 1.25 bits per heavy atom. The summed E-state index contributed by atoms with van der Waals surface area (Å²) in [7, 11) is 0. The standard InChI is InChI=1S/C7H4BrF3O/c8-6-3(2-12)7(11)5(10)1-4(6)9/h1,12H,2H2. The maximum Gasteiger partial charge on any atom is 0.165 e. The van der Waals surface area contributed by atoms with E-state index in [-0.39, 0.29) is 4.47 Å². The smallest absolute Gasteiger partial charge is 0.165 e. The van der Waals surface area contributed by atoms with E-state index in [0.29, 0.717) is 6.07 Å². The summed E-state index contributed by atoms with van der Waals surface area (Å²) < 4.78 is 37.6. The first-order valence-corrected chi connectivity index (χ1v) is 3.80. The molecule has 0 aliphatic carbocycles. The molecule has 0 saturated heterocycles. The summed E-state index contributed by atoms with van der Waals surface area (Å²) in [5, 5.41) is 8.54. The van der Waals surface area contributed by atoms with Crippen molar-refractivity contribution in [1.82, 2.24) is 0 Å². The summed E-state index contributed by atoms with van der Waals surface area (Å²) in [4.78, 5) is 0. The highest BCUT2D eigenvalue weighted by molar-refractivity contribution is 9.10. The number of benzene rings is 1. The van der Waals surface area contributed by atoms with Gasteiger partial charge in [-0.2, -0.15) is 0 Å². The molecule has 0 aliphatic heterocycles. The molecule has 0 radical (unpaired) electrons. The van der Waals surface area contributed by atoms with Crippen LogP contribution in [-0.2, 0) is 6.61 Å². The lowest BCUT2D eigenvalue weighted by Crippen LogP contribution is -1.98. The van der Waals surface area contributed by atoms with Gasteiger partial charge >= 0.3 is 0 Å². The van der Waals surface area contributed by atoms with Crippen molar-refractivity contribution in [3.8, 4) is 0 Å². The van der Waals surface area contributed by atoms with Crippen molar-refractivity contribution in [1.29, 1.82) is 0 Å². The molecule has 0 aromatic heterocycles. The highest BCUT2D eigenvalue weighted by atomic mass is 79.9. The Hall–Kier alpha value is -0.550. The summed E-state index contributed by atoms with van der Waals surface area (Å²) in [6.45, 7) is -0.749. The second kappa shape index (κ2) is 3.45. The SMILES string of the molecule is OCc1c(F)c(F)cc(F)c1Br. The zero-order valence-electron chi connectivity index (χ0n) is 5.74. The minimum absolute atomic E-state index is 0.246. The van der Waals surface area contributed by atoms with Crippen LogP contribution in [0.2, 0.25) is 0 Å². The van der Waals surface area contributed by atoms with Gasteiger partial charge in [-0.1, -0.05) is 0 Å². The van der Waals surface area contributed by atoms with Crippen LogP contribution in [0.5, 0.6) is 0 Å². The van der Waals surface area contributed by atoms with Gasteiger partial charge in [0.15, 0.2) is 11.6 Å². The molecule has 66 valence electrons.